The molecule has 128 valence electrons. The van der Waals surface area contributed by atoms with Gasteiger partial charge in [-0.2, -0.15) is 4.31 Å². The number of hydrogen-bond acceptors (Lipinski definition) is 5. The lowest BCUT2D eigenvalue weighted by atomic mass is 10.2. The molecule has 0 aliphatic carbocycles. The van der Waals surface area contributed by atoms with Crippen molar-refractivity contribution in [2.24, 2.45) is 0 Å². The molecule has 2 rings (SSSR count). The van der Waals surface area contributed by atoms with Crippen molar-refractivity contribution in [3.8, 4) is 0 Å². The van der Waals surface area contributed by atoms with E-state index in [9.17, 15) is 21.6 Å². The van der Waals surface area contributed by atoms with E-state index in [0.29, 0.717) is 6.42 Å². The lowest BCUT2D eigenvalue weighted by Gasteiger charge is -2.21. The maximum Gasteiger partial charge on any atom is 0.322 e. The number of rotatable bonds is 5. The Morgan fingerprint density at radius 1 is 1.30 bits per heavy atom. The zero-order valence-electron chi connectivity index (χ0n) is 12.7. The minimum absolute atomic E-state index is 0.0184. The number of benzene rings is 1. The van der Waals surface area contributed by atoms with Gasteiger partial charge in [-0.25, -0.2) is 21.6 Å². The van der Waals surface area contributed by atoms with Gasteiger partial charge in [0.2, 0.25) is 20.0 Å². The molecule has 10 heteroatoms. The Labute approximate surface area is 135 Å². The summed E-state index contributed by atoms with van der Waals surface area (Å²) in [6.07, 6.45) is 0.737. The number of carbonyl (C=O) groups is 1. The van der Waals surface area contributed by atoms with Crippen molar-refractivity contribution >= 4 is 26.0 Å². The number of aliphatic carboxylic acids is 1. The molecule has 1 fully saturated rings. The quantitative estimate of drug-likeness (QED) is 0.769. The molecule has 0 saturated carbocycles. The topological polar surface area (TPSA) is 121 Å². The lowest BCUT2D eigenvalue weighted by Crippen LogP contribution is -2.40. The minimum atomic E-state index is -3.99. The van der Waals surface area contributed by atoms with Gasteiger partial charge < -0.3 is 5.11 Å². The molecule has 0 spiro atoms. The van der Waals surface area contributed by atoms with E-state index in [0.717, 1.165) is 4.31 Å². The molecule has 1 aromatic rings. The highest BCUT2D eigenvalue weighted by molar-refractivity contribution is 7.89. The van der Waals surface area contributed by atoms with Crippen LogP contribution in [0, 0.1) is 6.92 Å². The number of nitrogens with one attached hydrogen (secondary N) is 1. The third-order valence-corrected chi connectivity index (χ3v) is 7.28. The van der Waals surface area contributed by atoms with E-state index in [2.05, 4.69) is 4.72 Å². The second-order valence-corrected chi connectivity index (χ2v) is 8.99. The standard InChI is InChI=1S/C13H18N2O6S2/c1-9-8-10(5-6-12(9)22(18,19)14-2)23(20,21)15-7-3-4-11(15)13(16)17/h5-6,8,11,14H,3-4,7H2,1-2H3,(H,16,17). The highest BCUT2D eigenvalue weighted by Crippen LogP contribution is 2.28. The van der Waals surface area contributed by atoms with Gasteiger partial charge in [0.1, 0.15) is 6.04 Å². The molecule has 1 aromatic carbocycles. The Bertz CT molecular complexity index is 832. The molecule has 1 atom stereocenters. The molecule has 23 heavy (non-hydrogen) atoms. The summed E-state index contributed by atoms with van der Waals surface area (Å²) in [5, 5.41) is 9.14. The normalized spacial score (nSPS) is 19.8. The van der Waals surface area contributed by atoms with Crippen LogP contribution in [0.25, 0.3) is 0 Å². The van der Waals surface area contributed by atoms with Crippen LogP contribution >= 0.6 is 0 Å². The maximum atomic E-state index is 12.6. The molecule has 2 N–H and O–H groups in total. The van der Waals surface area contributed by atoms with Crippen LogP contribution in [0.15, 0.2) is 28.0 Å². The molecule has 1 heterocycles. The van der Waals surface area contributed by atoms with E-state index in [1.54, 1.807) is 0 Å². The maximum absolute atomic E-state index is 12.6. The number of hydrogen-bond donors (Lipinski definition) is 2. The second kappa shape index (κ2) is 6.19. The van der Waals surface area contributed by atoms with Gasteiger partial charge in [-0.05, 0) is 50.6 Å². The van der Waals surface area contributed by atoms with Crippen LogP contribution in [0.5, 0.6) is 0 Å². The first-order chi connectivity index (χ1) is 10.6. The number of nitrogens with zero attached hydrogens (tertiary/aromatic N) is 1. The summed E-state index contributed by atoms with van der Waals surface area (Å²) in [4.78, 5) is 11.1. The predicted molar refractivity (Wildman–Crippen MR) is 82.0 cm³/mol. The SMILES string of the molecule is CNS(=O)(=O)c1ccc(S(=O)(=O)N2CCCC2C(=O)O)cc1C. The van der Waals surface area contributed by atoms with E-state index in [1.165, 1.54) is 32.2 Å². The first-order valence-electron chi connectivity index (χ1n) is 6.90. The predicted octanol–water partition coefficient (Wildman–Crippen LogP) is 0.141. The Morgan fingerprint density at radius 2 is 1.96 bits per heavy atom. The van der Waals surface area contributed by atoms with Gasteiger partial charge >= 0.3 is 5.97 Å². The fourth-order valence-electron chi connectivity index (χ4n) is 2.60. The van der Waals surface area contributed by atoms with E-state index in [1.807, 2.05) is 0 Å². The van der Waals surface area contributed by atoms with Crippen LogP contribution in [-0.4, -0.2) is 51.9 Å². The number of sulfonamides is 2. The van der Waals surface area contributed by atoms with Gasteiger partial charge in [-0.3, -0.25) is 4.79 Å². The van der Waals surface area contributed by atoms with Crippen LogP contribution in [0.3, 0.4) is 0 Å². The third-order valence-electron chi connectivity index (χ3n) is 3.80. The molecular weight excluding hydrogens is 344 g/mol. The average Bonchev–Trinajstić information content (AvgIpc) is 2.97. The van der Waals surface area contributed by atoms with E-state index >= 15 is 0 Å². The van der Waals surface area contributed by atoms with Gasteiger partial charge in [-0.1, -0.05) is 0 Å². The Hall–Kier alpha value is -1.49. The highest BCUT2D eigenvalue weighted by Gasteiger charge is 2.39. The molecule has 1 aliphatic heterocycles. The number of aryl methyl sites for hydroxylation is 1. The molecule has 1 aliphatic rings. The van der Waals surface area contributed by atoms with Crippen molar-refractivity contribution in [2.75, 3.05) is 13.6 Å². The summed E-state index contributed by atoms with van der Waals surface area (Å²) in [7, 11) is -6.41. The fourth-order valence-corrected chi connectivity index (χ4v) is 5.29. The Kier molecular flexibility index (Phi) is 4.81. The molecule has 1 saturated heterocycles. The zero-order chi connectivity index (χ0) is 17.4. The Balaban J connectivity index is 2.46. The largest absolute Gasteiger partial charge is 0.480 e. The van der Waals surface area contributed by atoms with Crippen molar-refractivity contribution in [1.82, 2.24) is 9.03 Å². The molecule has 0 aromatic heterocycles. The van der Waals surface area contributed by atoms with Gasteiger partial charge in [0.25, 0.3) is 0 Å². The summed E-state index contributed by atoms with van der Waals surface area (Å²) >= 11 is 0. The molecule has 8 nitrogen and oxygen atoms in total. The van der Waals surface area contributed by atoms with E-state index in [4.69, 9.17) is 5.11 Å². The van der Waals surface area contributed by atoms with Gasteiger partial charge in [0.05, 0.1) is 9.79 Å². The minimum Gasteiger partial charge on any atom is -0.480 e. The summed E-state index contributed by atoms with van der Waals surface area (Å²) < 4.78 is 52.0. The molecule has 0 amide bonds. The van der Waals surface area contributed by atoms with E-state index in [-0.39, 0.29) is 28.3 Å². The van der Waals surface area contributed by atoms with Crippen molar-refractivity contribution in [3.05, 3.63) is 23.8 Å². The fraction of sp³-hybridized carbons (Fsp3) is 0.462. The van der Waals surface area contributed by atoms with Crippen molar-refractivity contribution < 1.29 is 26.7 Å². The van der Waals surface area contributed by atoms with Crippen LogP contribution in [-0.2, 0) is 24.8 Å². The molecular formula is C13H18N2O6S2. The average molecular weight is 362 g/mol. The van der Waals surface area contributed by atoms with Crippen molar-refractivity contribution in [1.29, 1.82) is 0 Å². The summed E-state index contributed by atoms with van der Waals surface area (Å²) in [6, 6.07) is 2.56. The van der Waals surface area contributed by atoms with Gasteiger partial charge in [0.15, 0.2) is 0 Å². The summed E-state index contributed by atoms with van der Waals surface area (Å²) in [6.45, 7) is 1.62. The van der Waals surface area contributed by atoms with Crippen LogP contribution in [0.4, 0.5) is 0 Å². The number of carboxylic acids is 1. The first-order valence-corrected chi connectivity index (χ1v) is 9.82. The van der Waals surface area contributed by atoms with Crippen molar-refractivity contribution in [2.45, 2.75) is 35.6 Å². The summed E-state index contributed by atoms with van der Waals surface area (Å²) in [5.74, 6) is -1.18. The van der Waals surface area contributed by atoms with Gasteiger partial charge in [-0.15, -0.1) is 0 Å². The summed E-state index contributed by atoms with van der Waals surface area (Å²) in [5.41, 5.74) is 0.270. The molecule has 0 radical (unpaired) electrons. The lowest BCUT2D eigenvalue weighted by molar-refractivity contribution is -0.140. The zero-order valence-corrected chi connectivity index (χ0v) is 14.3. The highest BCUT2D eigenvalue weighted by atomic mass is 32.2. The molecule has 0 bridgehead atoms. The molecule has 1 unspecified atom stereocenters. The Morgan fingerprint density at radius 3 is 2.48 bits per heavy atom. The van der Waals surface area contributed by atoms with Crippen LogP contribution < -0.4 is 4.72 Å². The van der Waals surface area contributed by atoms with Crippen LogP contribution in [0.1, 0.15) is 18.4 Å². The van der Waals surface area contributed by atoms with Crippen molar-refractivity contribution in [3.63, 3.8) is 0 Å². The van der Waals surface area contributed by atoms with Crippen LogP contribution in [0.2, 0.25) is 0 Å². The van der Waals surface area contributed by atoms with E-state index < -0.39 is 32.1 Å². The monoisotopic (exact) mass is 362 g/mol. The third kappa shape index (κ3) is 3.25. The smallest absolute Gasteiger partial charge is 0.322 e. The first kappa shape index (κ1) is 17.9. The second-order valence-electron chi connectivity index (χ2n) is 5.25. The van der Waals surface area contributed by atoms with Gasteiger partial charge in [0, 0.05) is 6.54 Å². The number of carboxylic acid groups (broad SMARTS) is 1.